The van der Waals surface area contributed by atoms with Gasteiger partial charge in [0.15, 0.2) is 11.6 Å². The first-order chi connectivity index (χ1) is 19.9. The van der Waals surface area contributed by atoms with E-state index in [-0.39, 0.29) is 36.1 Å². The van der Waals surface area contributed by atoms with Gasteiger partial charge in [-0.15, -0.1) is 0 Å². The lowest BCUT2D eigenvalue weighted by atomic mass is 9.82. The number of carbonyl (C=O) groups is 4. The van der Waals surface area contributed by atoms with Crippen molar-refractivity contribution in [3.63, 3.8) is 0 Å². The number of ether oxygens (including phenoxy) is 2. The topological polar surface area (TPSA) is 151 Å². The first-order valence-electron chi connectivity index (χ1n) is 14.4. The van der Waals surface area contributed by atoms with Crippen LogP contribution in [-0.4, -0.2) is 58.3 Å². The molecule has 2 aromatic rings. The predicted octanol–water partition coefficient (Wildman–Crippen LogP) is 5.19. The zero-order valence-corrected chi connectivity index (χ0v) is 26.3. The van der Waals surface area contributed by atoms with Crippen LogP contribution in [0.25, 0.3) is 0 Å². The zero-order chi connectivity index (χ0) is 32.4. The van der Waals surface area contributed by atoms with Gasteiger partial charge < -0.3 is 30.3 Å². The highest BCUT2D eigenvalue weighted by atomic mass is 16.6. The number of rotatable bonds is 15. The highest BCUT2D eigenvalue weighted by Crippen LogP contribution is 2.26. The summed E-state index contributed by atoms with van der Waals surface area (Å²) in [5.41, 5.74) is -0.909. The van der Waals surface area contributed by atoms with E-state index in [0.717, 1.165) is 24.0 Å². The molecule has 0 saturated carbocycles. The molecule has 4 N–H and O–H groups in total. The Bertz CT molecular complexity index is 1240. The summed E-state index contributed by atoms with van der Waals surface area (Å²) in [4.78, 5) is 48.6. The number of Topliss-reactive ketones (excluding diaryl/α,β-unsaturated/α-hetero) is 2. The summed E-state index contributed by atoms with van der Waals surface area (Å²) >= 11 is 0. The molecule has 0 saturated heterocycles. The third kappa shape index (κ3) is 12.6. The number of alkyl carbamates (subject to hydrolysis) is 2. The van der Waals surface area contributed by atoms with E-state index in [2.05, 4.69) is 17.6 Å². The second-order valence-corrected chi connectivity index (χ2v) is 12.9. The molecule has 1 unspecified atom stereocenters. The smallest absolute Gasteiger partial charge is 0.407 e. The molecular formula is C33H46N2O8. The van der Waals surface area contributed by atoms with Crippen molar-refractivity contribution in [2.75, 3.05) is 13.1 Å². The second-order valence-electron chi connectivity index (χ2n) is 12.9. The van der Waals surface area contributed by atoms with E-state index in [4.69, 9.17) is 9.47 Å². The average Bonchev–Trinajstić information content (AvgIpc) is 2.92. The van der Waals surface area contributed by atoms with E-state index in [0.29, 0.717) is 24.2 Å². The van der Waals surface area contributed by atoms with Crippen molar-refractivity contribution in [1.29, 1.82) is 0 Å². The molecular weight excluding hydrogens is 552 g/mol. The van der Waals surface area contributed by atoms with Crippen LogP contribution < -0.4 is 10.6 Å². The summed E-state index contributed by atoms with van der Waals surface area (Å²) in [5, 5.41) is 25.3. The van der Waals surface area contributed by atoms with Gasteiger partial charge in [0.2, 0.25) is 0 Å². The van der Waals surface area contributed by atoms with E-state index < -0.39 is 23.4 Å². The van der Waals surface area contributed by atoms with Gasteiger partial charge >= 0.3 is 12.2 Å². The van der Waals surface area contributed by atoms with Gasteiger partial charge in [-0.2, -0.15) is 0 Å². The lowest BCUT2D eigenvalue weighted by Crippen LogP contribution is -2.35. The number of aliphatic hydroxyl groups is 2. The molecule has 0 bridgehead atoms. The van der Waals surface area contributed by atoms with Crippen LogP contribution in [0.5, 0.6) is 0 Å². The molecule has 0 aromatic heterocycles. The van der Waals surface area contributed by atoms with Crippen molar-refractivity contribution in [2.45, 2.75) is 85.7 Å². The van der Waals surface area contributed by atoms with Crippen molar-refractivity contribution in [3.05, 3.63) is 70.8 Å². The fraction of sp³-hybridized carbons (Fsp3) is 0.515. The minimum atomic E-state index is -1.45. The number of ketones is 2. The molecule has 10 heteroatoms. The van der Waals surface area contributed by atoms with E-state index in [9.17, 15) is 29.4 Å². The summed E-state index contributed by atoms with van der Waals surface area (Å²) in [6.45, 7) is 12.9. The Morgan fingerprint density at radius 2 is 1.09 bits per heavy atom. The minimum absolute atomic E-state index is 0.0501. The lowest BCUT2D eigenvalue weighted by Gasteiger charge is -2.28. The fourth-order valence-corrected chi connectivity index (χ4v) is 4.46. The zero-order valence-electron chi connectivity index (χ0n) is 26.3. The highest BCUT2D eigenvalue weighted by Gasteiger charge is 2.26. The first-order valence-corrected chi connectivity index (χ1v) is 14.4. The first kappa shape index (κ1) is 35.4. The minimum Gasteiger partial charge on any atom is -0.445 e. The van der Waals surface area contributed by atoms with Crippen LogP contribution in [0, 0.1) is 11.3 Å². The standard InChI is InChI=1S/C33H46N2O8/c1-22(16-17-34-29(38)42-19-23-8-12-25(13-9-23)27(36)32(4,5)40)18-31(2,3)21-35-30(39)43-20-24-10-14-26(15-11-24)28(37)33(6,7)41/h8-15,22,40-41H,16-21H2,1-7H3,(H,34,38)(H,35,39). The van der Waals surface area contributed by atoms with Crippen molar-refractivity contribution < 1.29 is 38.9 Å². The predicted molar refractivity (Wildman–Crippen MR) is 163 cm³/mol. The lowest BCUT2D eigenvalue weighted by molar-refractivity contribution is 0.0487. The monoisotopic (exact) mass is 598 g/mol. The van der Waals surface area contributed by atoms with Gasteiger partial charge in [0, 0.05) is 24.2 Å². The van der Waals surface area contributed by atoms with Crippen LogP contribution in [-0.2, 0) is 22.7 Å². The summed E-state index contributed by atoms with van der Waals surface area (Å²) < 4.78 is 10.6. The van der Waals surface area contributed by atoms with Crippen LogP contribution in [0.15, 0.2) is 48.5 Å². The third-order valence-electron chi connectivity index (χ3n) is 6.80. The Morgan fingerprint density at radius 1 is 0.698 bits per heavy atom. The van der Waals surface area contributed by atoms with Crippen LogP contribution in [0.1, 0.15) is 93.2 Å². The molecule has 2 rings (SSSR count). The molecule has 2 aromatic carbocycles. The summed E-state index contributed by atoms with van der Waals surface area (Å²) in [6, 6.07) is 13.1. The number of benzene rings is 2. The summed E-state index contributed by atoms with van der Waals surface area (Å²) in [6.07, 6.45) is 0.449. The van der Waals surface area contributed by atoms with E-state index >= 15 is 0 Å². The normalized spacial score (nSPS) is 12.7. The number of carbonyl (C=O) groups excluding carboxylic acids is 4. The molecule has 0 spiro atoms. The SMILES string of the molecule is CC(CCNC(=O)OCc1ccc(C(=O)C(C)(C)O)cc1)CC(C)(C)CNC(=O)OCc1ccc(C(=O)C(C)(C)O)cc1. The number of hydrogen-bond donors (Lipinski definition) is 4. The maximum absolute atomic E-state index is 12.2. The number of nitrogens with one attached hydrogen (secondary N) is 2. The Morgan fingerprint density at radius 3 is 1.49 bits per heavy atom. The average molecular weight is 599 g/mol. The van der Waals surface area contributed by atoms with Crippen LogP contribution >= 0.6 is 0 Å². The van der Waals surface area contributed by atoms with E-state index in [1.54, 1.807) is 48.5 Å². The molecule has 10 nitrogen and oxygen atoms in total. The molecule has 0 heterocycles. The Hall–Kier alpha value is -3.76. The number of amides is 2. The van der Waals surface area contributed by atoms with Gasteiger partial charge in [-0.25, -0.2) is 9.59 Å². The quantitative estimate of drug-likeness (QED) is 0.205. The molecule has 236 valence electrons. The van der Waals surface area contributed by atoms with Crippen molar-refractivity contribution in [2.24, 2.45) is 11.3 Å². The number of hydrogen-bond acceptors (Lipinski definition) is 8. The Balaban J connectivity index is 1.65. The molecule has 0 aliphatic rings. The molecule has 0 fully saturated rings. The molecule has 0 aliphatic heterocycles. The maximum Gasteiger partial charge on any atom is 0.407 e. The van der Waals surface area contributed by atoms with Crippen molar-refractivity contribution in [3.8, 4) is 0 Å². The van der Waals surface area contributed by atoms with Gasteiger partial charge in [-0.1, -0.05) is 69.3 Å². The fourth-order valence-electron chi connectivity index (χ4n) is 4.46. The molecule has 0 aliphatic carbocycles. The van der Waals surface area contributed by atoms with Crippen LogP contribution in [0.2, 0.25) is 0 Å². The Kier molecular flexibility index (Phi) is 12.5. The van der Waals surface area contributed by atoms with E-state index in [1.165, 1.54) is 27.7 Å². The van der Waals surface area contributed by atoms with E-state index in [1.807, 2.05) is 13.8 Å². The molecule has 1 atom stereocenters. The molecule has 43 heavy (non-hydrogen) atoms. The van der Waals surface area contributed by atoms with Gasteiger partial charge in [0.25, 0.3) is 0 Å². The maximum atomic E-state index is 12.2. The van der Waals surface area contributed by atoms with Gasteiger partial charge in [0.1, 0.15) is 24.4 Å². The van der Waals surface area contributed by atoms with Crippen molar-refractivity contribution >= 4 is 23.8 Å². The summed E-state index contributed by atoms with van der Waals surface area (Å²) in [5.74, 6) is -0.501. The van der Waals surface area contributed by atoms with Gasteiger partial charge in [-0.05, 0) is 63.0 Å². The van der Waals surface area contributed by atoms with Crippen molar-refractivity contribution in [1.82, 2.24) is 10.6 Å². The Labute approximate surface area is 254 Å². The highest BCUT2D eigenvalue weighted by molar-refractivity contribution is 6.02. The largest absolute Gasteiger partial charge is 0.445 e. The van der Waals surface area contributed by atoms with Gasteiger partial charge in [-0.3, -0.25) is 9.59 Å². The molecule has 2 amide bonds. The van der Waals surface area contributed by atoms with Crippen LogP contribution in [0.4, 0.5) is 9.59 Å². The van der Waals surface area contributed by atoms with Gasteiger partial charge in [0.05, 0.1) is 0 Å². The molecule has 0 radical (unpaired) electrons. The van der Waals surface area contributed by atoms with Crippen LogP contribution in [0.3, 0.4) is 0 Å². The third-order valence-corrected chi connectivity index (χ3v) is 6.80. The summed E-state index contributed by atoms with van der Waals surface area (Å²) in [7, 11) is 0. The second kappa shape index (κ2) is 15.1.